The van der Waals surface area contributed by atoms with Crippen molar-refractivity contribution in [2.24, 2.45) is 0 Å². The molecule has 1 heterocycles. The van der Waals surface area contributed by atoms with Crippen LogP contribution in [0.5, 0.6) is 0 Å². The van der Waals surface area contributed by atoms with Crippen LogP contribution in [0.3, 0.4) is 0 Å². The molecule has 0 aromatic rings. The molecule has 0 spiro atoms. The lowest BCUT2D eigenvalue weighted by Crippen LogP contribution is -2.41. The van der Waals surface area contributed by atoms with Gasteiger partial charge in [-0.2, -0.15) is 0 Å². The Bertz CT molecular complexity index is 280. The number of hydrogen-bond donors (Lipinski definition) is 0. The van der Waals surface area contributed by atoms with Gasteiger partial charge < -0.3 is 14.0 Å². The summed E-state index contributed by atoms with van der Waals surface area (Å²) in [6, 6.07) is 0. The van der Waals surface area contributed by atoms with Gasteiger partial charge in [-0.15, -0.1) is 0 Å². The number of esters is 1. The van der Waals surface area contributed by atoms with Crippen LogP contribution in [-0.4, -0.2) is 31.4 Å². The van der Waals surface area contributed by atoms with Crippen LogP contribution in [0.25, 0.3) is 0 Å². The molecule has 0 N–H and O–H groups in total. The van der Waals surface area contributed by atoms with Gasteiger partial charge in [0.1, 0.15) is 0 Å². The molecule has 5 heteroatoms. The predicted molar refractivity (Wildman–Crippen MR) is 57.2 cm³/mol. The first-order chi connectivity index (χ1) is 6.71. The first-order valence-corrected chi connectivity index (χ1v) is 4.84. The van der Waals surface area contributed by atoms with E-state index in [4.69, 9.17) is 9.31 Å². The highest BCUT2D eigenvalue weighted by Crippen LogP contribution is 2.38. The summed E-state index contributed by atoms with van der Waals surface area (Å²) in [6.45, 7) is 11.3. The van der Waals surface area contributed by atoms with Crippen LogP contribution in [0.2, 0.25) is 0 Å². The zero-order chi connectivity index (χ0) is 11.9. The minimum absolute atomic E-state index is 0.191. The molecular formula is C10H17BO4. The fraction of sp³-hybridized carbons (Fsp3) is 0.700. The second kappa shape index (κ2) is 3.65. The van der Waals surface area contributed by atoms with Gasteiger partial charge in [0, 0.05) is 0 Å². The maximum atomic E-state index is 11.2. The van der Waals surface area contributed by atoms with Gasteiger partial charge >= 0.3 is 13.1 Å². The molecule has 0 aromatic heterocycles. The van der Waals surface area contributed by atoms with Gasteiger partial charge in [-0.05, 0) is 27.7 Å². The van der Waals surface area contributed by atoms with Crippen molar-refractivity contribution < 1.29 is 18.8 Å². The molecule has 15 heavy (non-hydrogen) atoms. The third-order valence-corrected chi connectivity index (χ3v) is 2.99. The first-order valence-electron chi connectivity index (χ1n) is 4.84. The Labute approximate surface area is 90.7 Å². The fourth-order valence-electron chi connectivity index (χ4n) is 1.21. The molecule has 0 aromatic carbocycles. The topological polar surface area (TPSA) is 44.8 Å². The highest BCUT2D eigenvalue weighted by molar-refractivity contribution is 6.61. The number of hydrogen-bond acceptors (Lipinski definition) is 4. The number of rotatable bonds is 2. The summed E-state index contributed by atoms with van der Waals surface area (Å²) in [5.41, 5.74) is -0.736. The van der Waals surface area contributed by atoms with Crippen LogP contribution in [0.4, 0.5) is 0 Å². The number of carbonyl (C=O) groups excluding carboxylic acids is 1. The van der Waals surface area contributed by atoms with Crippen molar-refractivity contribution in [3.63, 3.8) is 0 Å². The molecule has 0 radical (unpaired) electrons. The number of ether oxygens (including phenoxy) is 1. The summed E-state index contributed by atoms with van der Waals surface area (Å²) in [6.07, 6.45) is 0. The van der Waals surface area contributed by atoms with Crippen LogP contribution in [0.1, 0.15) is 27.7 Å². The zero-order valence-electron chi connectivity index (χ0n) is 9.92. The van der Waals surface area contributed by atoms with E-state index in [0.29, 0.717) is 0 Å². The summed E-state index contributed by atoms with van der Waals surface area (Å²) >= 11 is 0. The van der Waals surface area contributed by atoms with Crippen LogP contribution in [0, 0.1) is 0 Å². The molecule has 1 aliphatic rings. The lowest BCUT2D eigenvalue weighted by Gasteiger charge is -2.32. The second-order valence-corrected chi connectivity index (χ2v) is 4.61. The van der Waals surface area contributed by atoms with E-state index in [1.807, 2.05) is 27.7 Å². The Balaban J connectivity index is 2.79. The van der Waals surface area contributed by atoms with Gasteiger partial charge in [0.25, 0.3) is 0 Å². The quantitative estimate of drug-likeness (QED) is 0.393. The predicted octanol–water partition coefficient (Wildman–Crippen LogP) is 1.35. The van der Waals surface area contributed by atoms with Crippen LogP contribution >= 0.6 is 0 Å². The van der Waals surface area contributed by atoms with Gasteiger partial charge in [-0.25, -0.2) is 4.79 Å². The van der Waals surface area contributed by atoms with Crippen LogP contribution in [0.15, 0.2) is 12.1 Å². The largest absolute Gasteiger partial charge is 0.501 e. The third kappa shape index (κ3) is 2.08. The summed E-state index contributed by atoms with van der Waals surface area (Å²) in [5.74, 6) is -0.506. The smallest absolute Gasteiger partial charge is 0.466 e. The molecule has 0 unspecified atom stereocenters. The van der Waals surface area contributed by atoms with Gasteiger partial charge in [0.05, 0.1) is 23.8 Å². The maximum Gasteiger partial charge on any atom is 0.501 e. The van der Waals surface area contributed by atoms with E-state index < -0.39 is 24.3 Å². The molecule has 0 bridgehead atoms. The monoisotopic (exact) mass is 212 g/mol. The Hall–Kier alpha value is -0.805. The Morgan fingerprint density at radius 2 is 1.60 bits per heavy atom. The normalized spacial score (nSPS) is 22.6. The van der Waals surface area contributed by atoms with Crippen molar-refractivity contribution >= 4 is 13.1 Å². The fourth-order valence-corrected chi connectivity index (χ4v) is 1.21. The van der Waals surface area contributed by atoms with E-state index >= 15 is 0 Å². The molecule has 1 saturated heterocycles. The van der Waals surface area contributed by atoms with Gasteiger partial charge in [0.2, 0.25) is 0 Å². The molecule has 0 amide bonds. The molecule has 1 rings (SSSR count). The van der Waals surface area contributed by atoms with E-state index in [9.17, 15) is 4.79 Å². The molecule has 1 aliphatic heterocycles. The van der Waals surface area contributed by atoms with Crippen molar-refractivity contribution in [3.8, 4) is 0 Å². The summed E-state index contributed by atoms with van der Waals surface area (Å²) in [5, 5.41) is 0. The molecule has 1 fully saturated rings. The molecule has 0 atom stereocenters. The molecule has 0 saturated carbocycles. The summed E-state index contributed by atoms with van der Waals surface area (Å²) in [4.78, 5) is 11.2. The van der Waals surface area contributed by atoms with Crippen molar-refractivity contribution in [2.75, 3.05) is 7.11 Å². The Morgan fingerprint density at radius 1 is 1.20 bits per heavy atom. The highest BCUT2D eigenvalue weighted by atomic mass is 16.7. The van der Waals surface area contributed by atoms with E-state index in [2.05, 4.69) is 11.3 Å². The number of carbonyl (C=O) groups is 1. The summed E-state index contributed by atoms with van der Waals surface area (Å²) in [7, 11) is 0.584. The second-order valence-electron chi connectivity index (χ2n) is 4.61. The Kier molecular flexibility index (Phi) is 2.98. The van der Waals surface area contributed by atoms with Crippen molar-refractivity contribution in [1.82, 2.24) is 0 Å². The molecule has 0 aliphatic carbocycles. The van der Waals surface area contributed by atoms with Gasteiger partial charge in [-0.1, -0.05) is 6.58 Å². The summed E-state index contributed by atoms with van der Waals surface area (Å²) < 4.78 is 15.8. The van der Waals surface area contributed by atoms with Crippen molar-refractivity contribution in [2.45, 2.75) is 38.9 Å². The van der Waals surface area contributed by atoms with Gasteiger partial charge in [0.15, 0.2) is 0 Å². The average Bonchev–Trinajstić information content (AvgIpc) is 2.33. The average molecular weight is 212 g/mol. The Morgan fingerprint density at radius 3 is 1.93 bits per heavy atom. The third-order valence-electron chi connectivity index (χ3n) is 2.99. The molecule has 84 valence electrons. The van der Waals surface area contributed by atoms with Crippen molar-refractivity contribution in [3.05, 3.63) is 12.1 Å². The van der Waals surface area contributed by atoms with Crippen LogP contribution in [-0.2, 0) is 18.8 Å². The number of methoxy groups -OCH3 is 1. The lowest BCUT2D eigenvalue weighted by molar-refractivity contribution is -0.135. The van der Waals surface area contributed by atoms with E-state index in [0.717, 1.165) is 0 Å². The first kappa shape index (κ1) is 12.3. The molecular weight excluding hydrogens is 195 g/mol. The van der Waals surface area contributed by atoms with Crippen LogP contribution < -0.4 is 0 Å². The minimum atomic E-state index is -0.720. The van der Waals surface area contributed by atoms with E-state index in [-0.39, 0.29) is 5.47 Å². The van der Waals surface area contributed by atoms with Gasteiger partial charge in [-0.3, -0.25) is 0 Å². The SMILES string of the molecule is C=C(B1OC(C)(C)C(C)(C)O1)C(=O)OC. The minimum Gasteiger partial charge on any atom is -0.466 e. The molecule has 4 nitrogen and oxygen atoms in total. The maximum absolute atomic E-state index is 11.2. The lowest BCUT2D eigenvalue weighted by atomic mass is 9.79. The van der Waals surface area contributed by atoms with E-state index in [1.165, 1.54) is 7.11 Å². The zero-order valence-corrected chi connectivity index (χ0v) is 9.92. The highest BCUT2D eigenvalue weighted by Gasteiger charge is 2.53. The van der Waals surface area contributed by atoms with Crippen molar-refractivity contribution in [1.29, 1.82) is 0 Å². The standard InChI is InChI=1S/C10H17BO4/c1-7(8(12)13-6)11-14-9(2,3)10(4,5)15-11/h1H2,2-6H3. The van der Waals surface area contributed by atoms with E-state index in [1.54, 1.807) is 0 Å².